The molecular weight excluding hydrogens is 367 g/mol. The van der Waals surface area contributed by atoms with Crippen LogP contribution in [0, 0.1) is 12.2 Å². The van der Waals surface area contributed by atoms with Gasteiger partial charge < -0.3 is 2.85 Å². The first-order valence-corrected chi connectivity index (χ1v) is 8.04. The van der Waals surface area contributed by atoms with Crippen molar-refractivity contribution in [3.8, 4) is 0 Å². The Morgan fingerprint density at radius 1 is 0.792 bits per heavy atom. The van der Waals surface area contributed by atoms with Crippen LogP contribution in [0.1, 0.15) is 32.7 Å². The molecule has 0 saturated carbocycles. The summed E-state index contributed by atoms with van der Waals surface area (Å²) in [4.78, 5) is 0. The Kier molecular flexibility index (Phi) is 7.92. The molecular formula is C23H22Zr-2. The first kappa shape index (κ1) is 18.6. The van der Waals surface area contributed by atoms with Crippen LogP contribution in [-0.4, -0.2) is 0 Å². The smallest absolute Gasteiger partial charge is 1.00 e. The monoisotopic (exact) mass is 388 g/mol. The van der Waals surface area contributed by atoms with Crippen molar-refractivity contribution in [2.75, 3.05) is 0 Å². The van der Waals surface area contributed by atoms with Gasteiger partial charge in [-0.15, -0.1) is 12.8 Å². The molecule has 2 aliphatic carbocycles. The molecule has 24 heavy (non-hydrogen) atoms. The van der Waals surface area contributed by atoms with Crippen molar-refractivity contribution in [2.45, 2.75) is 18.8 Å². The van der Waals surface area contributed by atoms with E-state index in [2.05, 4.69) is 91.0 Å². The largest absolute Gasteiger partial charge is 2.00 e. The van der Waals surface area contributed by atoms with Crippen molar-refractivity contribution in [1.82, 2.24) is 0 Å². The summed E-state index contributed by atoms with van der Waals surface area (Å²) in [5.74, 6) is 0.311. The second-order valence-corrected chi connectivity index (χ2v) is 5.50. The van der Waals surface area contributed by atoms with E-state index in [1.165, 1.54) is 16.7 Å². The molecule has 0 nitrogen and oxygen atoms in total. The number of hydrogen-bond donors (Lipinski definition) is 0. The molecule has 2 aromatic rings. The molecule has 120 valence electrons. The predicted molar refractivity (Wildman–Crippen MR) is 99.0 cm³/mol. The van der Waals surface area contributed by atoms with Crippen LogP contribution in [0.3, 0.4) is 0 Å². The van der Waals surface area contributed by atoms with Crippen LogP contribution in [0.5, 0.6) is 0 Å². The van der Waals surface area contributed by atoms with Gasteiger partial charge in [-0.25, -0.2) is 23.8 Å². The summed E-state index contributed by atoms with van der Waals surface area (Å²) in [6, 6.07) is 21.3. The first-order valence-electron chi connectivity index (χ1n) is 8.04. The average molecular weight is 390 g/mol. The van der Waals surface area contributed by atoms with Crippen LogP contribution in [0.15, 0.2) is 96.6 Å². The van der Waals surface area contributed by atoms with Gasteiger partial charge in [0.05, 0.1) is 0 Å². The normalized spacial score (nSPS) is 14.1. The Labute approximate surface area is 167 Å². The summed E-state index contributed by atoms with van der Waals surface area (Å²) in [7, 11) is 0. The SMILES string of the molecule is [C-]1=C(C(c2ccccc2)c2ccccc2)C=CC1.[C-]1=CC=CC1.[H-].[H-].[Zr+2]. The fourth-order valence-corrected chi connectivity index (χ4v) is 2.80. The van der Waals surface area contributed by atoms with Gasteiger partial charge in [0.25, 0.3) is 0 Å². The second kappa shape index (κ2) is 10.2. The van der Waals surface area contributed by atoms with Crippen LogP contribution < -0.4 is 0 Å². The van der Waals surface area contributed by atoms with Crippen molar-refractivity contribution in [1.29, 1.82) is 0 Å². The molecule has 0 bridgehead atoms. The summed E-state index contributed by atoms with van der Waals surface area (Å²) in [5, 5.41) is 0. The van der Waals surface area contributed by atoms with Crippen LogP contribution >= 0.6 is 0 Å². The molecule has 0 heterocycles. The molecule has 2 aromatic carbocycles. The van der Waals surface area contributed by atoms with E-state index in [0.29, 0.717) is 5.92 Å². The molecule has 0 aliphatic heterocycles. The third-order valence-corrected chi connectivity index (χ3v) is 3.88. The van der Waals surface area contributed by atoms with Crippen molar-refractivity contribution < 1.29 is 29.1 Å². The van der Waals surface area contributed by atoms with E-state index in [4.69, 9.17) is 0 Å². The summed E-state index contributed by atoms with van der Waals surface area (Å²) < 4.78 is 0. The molecule has 0 radical (unpaired) electrons. The molecule has 0 saturated heterocycles. The first-order chi connectivity index (χ1) is 11.4. The van der Waals surface area contributed by atoms with Crippen molar-refractivity contribution in [3.05, 3.63) is 120 Å². The van der Waals surface area contributed by atoms with Crippen LogP contribution in [0.2, 0.25) is 0 Å². The fraction of sp³-hybridized carbons (Fsp3) is 0.130. The Hall–Kier alpha value is -1.72. The van der Waals surface area contributed by atoms with E-state index in [-0.39, 0.29) is 29.1 Å². The molecule has 0 atom stereocenters. The standard InChI is InChI=1S/C18H15.C5H5.Zr.2H/c1-3-9-15(10-4-1)18(17-13-7-8-14-17)16-11-5-2-6-12-16;1-2-4-5-3-1;;;/h1-7,9-13,18H,8H2;1-3H,4H2;;;/q2*-1;+2;2*-1. The van der Waals surface area contributed by atoms with Crippen LogP contribution in [0.4, 0.5) is 0 Å². The third-order valence-electron chi connectivity index (χ3n) is 3.88. The van der Waals surface area contributed by atoms with Gasteiger partial charge in [-0.05, 0) is 11.1 Å². The Morgan fingerprint density at radius 2 is 1.42 bits per heavy atom. The van der Waals surface area contributed by atoms with Gasteiger partial charge in [0.1, 0.15) is 0 Å². The van der Waals surface area contributed by atoms with E-state index in [1.807, 2.05) is 12.2 Å². The Morgan fingerprint density at radius 3 is 1.79 bits per heavy atom. The molecule has 2 aliphatic rings. The van der Waals surface area contributed by atoms with E-state index in [0.717, 1.165) is 12.8 Å². The summed E-state index contributed by atoms with van der Waals surface area (Å²) in [6.45, 7) is 0. The molecule has 0 amide bonds. The van der Waals surface area contributed by atoms with Crippen LogP contribution in [0.25, 0.3) is 0 Å². The van der Waals surface area contributed by atoms with Gasteiger partial charge in [0, 0.05) is 5.92 Å². The maximum atomic E-state index is 3.46. The van der Waals surface area contributed by atoms with E-state index < -0.39 is 0 Å². The van der Waals surface area contributed by atoms with Gasteiger partial charge in [-0.1, -0.05) is 60.7 Å². The third kappa shape index (κ3) is 5.15. The Bertz CT molecular complexity index is 682. The molecule has 1 heteroatoms. The van der Waals surface area contributed by atoms with E-state index in [1.54, 1.807) is 0 Å². The minimum absolute atomic E-state index is 0. The zero-order valence-corrected chi connectivity index (χ0v) is 16.1. The van der Waals surface area contributed by atoms with Gasteiger partial charge in [0.15, 0.2) is 0 Å². The van der Waals surface area contributed by atoms with Crippen molar-refractivity contribution in [2.24, 2.45) is 0 Å². The van der Waals surface area contributed by atoms with E-state index in [9.17, 15) is 0 Å². The van der Waals surface area contributed by atoms with Crippen molar-refractivity contribution in [3.63, 3.8) is 0 Å². The minimum atomic E-state index is 0. The molecule has 0 spiro atoms. The van der Waals surface area contributed by atoms with Gasteiger partial charge >= 0.3 is 26.2 Å². The van der Waals surface area contributed by atoms with E-state index >= 15 is 0 Å². The topological polar surface area (TPSA) is 0 Å². The number of hydrogen-bond acceptors (Lipinski definition) is 0. The second-order valence-electron chi connectivity index (χ2n) is 5.50. The average Bonchev–Trinajstić information content (AvgIpc) is 3.34. The number of rotatable bonds is 3. The van der Waals surface area contributed by atoms with Gasteiger partial charge in [-0.3, -0.25) is 12.2 Å². The Balaban J connectivity index is 0.000000685. The summed E-state index contributed by atoms with van der Waals surface area (Å²) >= 11 is 0. The van der Waals surface area contributed by atoms with Gasteiger partial charge in [0.2, 0.25) is 0 Å². The summed E-state index contributed by atoms with van der Waals surface area (Å²) in [5.41, 5.74) is 3.95. The predicted octanol–water partition coefficient (Wildman–Crippen LogP) is 6.04. The zero-order valence-electron chi connectivity index (χ0n) is 15.7. The molecule has 0 fully saturated rings. The molecule has 0 N–H and O–H groups in total. The number of benzene rings is 2. The van der Waals surface area contributed by atoms with Crippen molar-refractivity contribution >= 4 is 0 Å². The maximum Gasteiger partial charge on any atom is 2.00 e. The quantitative estimate of drug-likeness (QED) is 0.562. The summed E-state index contributed by atoms with van der Waals surface area (Å²) in [6.07, 6.45) is 18.8. The molecule has 0 unspecified atom stereocenters. The minimum Gasteiger partial charge on any atom is -1.00 e. The van der Waals surface area contributed by atoms with Crippen LogP contribution in [-0.2, 0) is 26.2 Å². The molecule has 0 aromatic heterocycles. The maximum absolute atomic E-state index is 3.46. The van der Waals surface area contributed by atoms with Gasteiger partial charge in [-0.2, -0.15) is 12.2 Å². The zero-order chi connectivity index (χ0) is 15.7. The fourth-order valence-electron chi connectivity index (χ4n) is 2.80. The molecule has 4 rings (SSSR count). The number of allylic oxidation sites excluding steroid dienone is 8.